The standard InChI is InChI=1S/C17H23NO/c1-18-9-8-17-7-3-2-4-14(17)16(18)10-12-5-6-13(19)11-15(12)17/h5-6,11,14,16,19H,2-4,7-10H2,1H3/t14-,16-,17+/m1/s1. The van der Waals surface area contributed by atoms with E-state index >= 15 is 0 Å². The summed E-state index contributed by atoms with van der Waals surface area (Å²) in [7, 11) is 2.30. The summed E-state index contributed by atoms with van der Waals surface area (Å²) in [6.45, 7) is 1.22. The first-order valence-corrected chi connectivity index (χ1v) is 7.73. The highest BCUT2D eigenvalue weighted by atomic mass is 16.3. The Kier molecular flexibility index (Phi) is 2.47. The van der Waals surface area contributed by atoms with Gasteiger partial charge in [-0.25, -0.2) is 0 Å². The van der Waals surface area contributed by atoms with E-state index in [-0.39, 0.29) is 0 Å². The summed E-state index contributed by atoms with van der Waals surface area (Å²) in [6, 6.07) is 6.85. The number of fused-ring (bicyclic) bond motifs is 1. The Morgan fingerprint density at radius 2 is 2.16 bits per heavy atom. The Labute approximate surface area is 115 Å². The highest BCUT2D eigenvalue weighted by molar-refractivity contribution is 5.45. The molecule has 0 radical (unpaired) electrons. The molecule has 1 saturated carbocycles. The van der Waals surface area contributed by atoms with Crippen LogP contribution in [0.5, 0.6) is 5.75 Å². The minimum atomic E-state index is 0.377. The number of benzene rings is 1. The van der Waals surface area contributed by atoms with Crippen LogP contribution in [-0.2, 0) is 11.8 Å². The van der Waals surface area contributed by atoms with Gasteiger partial charge in [0.15, 0.2) is 0 Å². The Morgan fingerprint density at radius 3 is 3.05 bits per heavy atom. The summed E-state index contributed by atoms with van der Waals surface area (Å²) < 4.78 is 0. The molecule has 3 atom stereocenters. The number of piperidine rings is 1. The van der Waals surface area contributed by atoms with Crippen molar-refractivity contribution in [1.82, 2.24) is 4.90 Å². The number of phenols is 1. The van der Waals surface area contributed by atoms with E-state index in [2.05, 4.69) is 24.1 Å². The number of likely N-dealkylation sites (N-methyl/N-ethyl adjacent to an activating group) is 1. The van der Waals surface area contributed by atoms with E-state index in [1.165, 1.54) is 56.2 Å². The van der Waals surface area contributed by atoms with Crippen molar-refractivity contribution >= 4 is 0 Å². The normalized spacial score (nSPS) is 37.5. The van der Waals surface area contributed by atoms with Crippen LogP contribution >= 0.6 is 0 Å². The topological polar surface area (TPSA) is 23.5 Å². The molecule has 3 aliphatic rings. The SMILES string of the molecule is CN1CC[C@@]23CCCC[C@@H]2[C@H]1Cc1ccc(O)cc13. The molecule has 0 unspecified atom stereocenters. The molecular formula is C17H23NO. The number of hydrogen-bond acceptors (Lipinski definition) is 2. The average Bonchev–Trinajstić information content (AvgIpc) is 2.43. The summed E-state index contributed by atoms with van der Waals surface area (Å²) in [4.78, 5) is 2.59. The van der Waals surface area contributed by atoms with Crippen LogP contribution in [-0.4, -0.2) is 29.6 Å². The first-order chi connectivity index (χ1) is 9.21. The molecule has 1 saturated heterocycles. The number of phenolic OH excluding ortho intramolecular Hbond substituents is 1. The van der Waals surface area contributed by atoms with E-state index < -0.39 is 0 Å². The van der Waals surface area contributed by atoms with Crippen LogP contribution in [0, 0.1) is 5.92 Å². The fourth-order valence-electron chi connectivity index (χ4n) is 5.18. The first kappa shape index (κ1) is 11.8. The van der Waals surface area contributed by atoms with Gasteiger partial charge in [-0.3, -0.25) is 0 Å². The maximum atomic E-state index is 9.91. The molecule has 1 aromatic rings. The smallest absolute Gasteiger partial charge is 0.115 e. The molecule has 19 heavy (non-hydrogen) atoms. The summed E-state index contributed by atoms with van der Waals surface area (Å²) in [5.41, 5.74) is 3.36. The van der Waals surface area contributed by atoms with Crippen LogP contribution in [0.4, 0.5) is 0 Å². The maximum absolute atomic E-state index is 9.91. The zero-order valence-corrected chi connectivity index (χ0v) is 11.7. The lowest BCUT2D eigenvalue weighted by Crippen LogP contribution is -2.59. The van der Waals surface area contributed by atoms with Gasteiger partial charge in [-0.15, -0.1) is 0 Å². The van der Waals surface area contributed by atoms with Gasteiger partial charge in [-0.05, 0) is 68.5 Å². The predicted molar refractivity (Wildman–Crippen MR) is 76.5 cm³/mol. The fourth-order valence-corrected chi connectivity index (χ4v) is 5.18. The molecule has 2 aliphatic carbocycles. The summed E-state index contributed by atoms with van der Waals surface area (Å²) in [6.07, 6.45) is 7.93. The minimum Gasteiger partial charge on any atom is -0.508 e. The lowest BCUT2D eigenvalue weighted by atomic mass is 9.52. The lowest BCUT2D eigenvalue weighted by Gasteiger charge is -2.58. The van der Waals surface area contributed by atoms with Crippen LogP contribution in [0.15, 0.2) is 18.2 Å². The molecule has 2 bridgehead atoms. The second-order valence-corrected chi connectivity index (χ2v) is 6.85. The van der Waals surface area contributed by atoms with Crippen molar-refractivity contribution in [2.24, 2.45) is 5.92 Å². The summed E-state index contributed by atoms with van der Waals surface area (Å²) >= 11 is 0. The van der Waals surface area contributed by atoms with Crippen molar-refractivity contribution in [3.63, 3.8) is 0 Å². The number of rotatable bonds is 0. The number of likely N-dealkylation sites (tertiary alicyclic amines) is 1. The molecule has 4 rings (SSSR count). The quantitative estimate of drug-likeness (QED) is 0.772. The second kappa shape index (κ2) is 3.99. The van der Waals surface area contributed by atoms with Gasteiger partial charge in [0, 0.05) is 11.5 Å². The van der Waals surface area contributed by atoms with Crippen LogP contribution in [0.2, 0.25) is 0 Å². The van der Waals surface area contributed by atoms with E-state index in [1.807, 2.05) is 6.07 Å². The maximum Gasteiger partial charge on any atom is 0.115 e. The van der Waals surface area contributed by atoms with E-state index in [4.69, 9.17) is 0 Å². The summed E-state index contributed by atoms with van der Waals surface area (Å²) in [5, 5.41) is 9.91. The highest BCUT2D eigenvalue weighted by Crippen LogP contribution is 2.55. The Hall–Kier alpha value is -1.02. The van der Waals surface area contributed by atoms with E-state index in [9.17, 15) is 5.11 Å². The molecule has 2 fully saturated rings. The van der Waals surface area contributed by atoms with Gasteiger partial charge in [-0.2, -0.15) is 0 Å². The van der Waals surface area contributed by atoms with Crippen LogP contribution in [0.25, 0.3) is 0 Å². The van der Waals surface area contributed by atoms with Crippen LogP contribution in [0.1, 0.15) is 43.2 Å². The van der Waals surface area contributed by atoms with Crippen molar-refractivity contribution < 1.29 is 5.11 Å². The molecule has 102 valence electrons. The van der Waals surface area contributed by atoms with Crippen molar-refractivity contribution in [2.75, 3.05) is 13.6 Å². The second-order valence-electron chi connectivity index (χ2n) is 6.85. The fraction of sp³-hybridized carbons (Fsp3) is 0.647. The molecule has 0 aromatic heterocycles. The van der Waals surface area contributed by atoms with Gasteiger partial charge in [0.1, 0.15) is 5.75 Å². The molecule has 0 spiro atoms. The van der Waals surface area contributed by atoms with Gasteiger partial charge in [-0.1, -0.05) is 18.9 Å². The number of hydrogen-bond donors (Lipinski definition) is 1. The van der Waals surface area contributed by atoms with Gasteiger partial charge < -0.3 is 10.0 Å². The van der Waals surface area contributed by atoms with Crippen molar-refractivity contribution in [2.45, 2.75) is 50.0 Å². The van der Waals surface area contributed by atoms with Crippen LogP contribution < -0.4 is 0 Å². The number of nitrogens with zero attached hydrogens (tertiary/aromatic N) is 1. The predicted octanol–water partition coefficient (Wildman–Crippen LogP) is 3.08. The van der Waals surface area contributed by atoms with E-state index in [1.54, 1.807) is 0 Å². The van der Waals surface area contributed by atoms with Crippen molar-refractivity contribution in [1.29, 1.82) is 0 Å². The third-order valence-corrected chi connectivity index (χ3v) is 6.10. The molecule has 2 nitrogen and oxygen atoms in total. The van der Waals surface area contributed by atoms with Crippen molar-refractivity contribution in [3.05, 3.63) is 29.3 Å². The van der Waals surface area contributed by atoms with Gasteiger partial charge in [0.25, 0.3) is 0 Å². The molecule has 0 amide bonds. The minimum absolute atomic E-state index is 0.377. The first-order valence-electron chi connectivity index (χ1n) is 7.73. The molecule has 1 aromatic carbocycles. The van der Waals surface area contributed by atoms with Gasteiger partial charge >= 0.3 is 0 Å². The zero-order chi connectivity index (χ0) is 13.0. The van der Waals surface area contributed by atoms with Crippen molar-refractivity contribution in [3.8, 4) is 5.75 Å². The Balaban J connectivity index is 1.90. The molecule has 1 heterocycles. The average molecular weight is 257 g/mol. The molecular weight excluding hydrogens is 234 g/mol. The largest absolute Gasteiger partial charge is 0.508 e. The van der Waals surface area contributed by atoms with Gasteiger partial charge in [0.2, 0.25) is 0 Å². The van der Waals surface area contributed by atoms with E-state index in [0.717, 1.165) is 12.0 Å². The lowest BCUT2D eigenvalue weighted by molar-refractivity contribution is 0.00274. The Morgan fingerprint density at radius 1 is 1.26 bits per heavy atom. The van der Waals surface area contributed by atoms with E-state index in [0.29, 0.717) is 11.2 Å². The molecule has 1 N–H and O–H groups in total. The third kappa shape index (κ3) is 1.53. The monoisotopic (exact) mass is 257 g/mol. The summed E-state index contributed by atoms with van der Waals surface area (Å²) in [5.74, 6) is 1.27. The molecule has 1 aliphatic heterocycles. The van der Waals surface area contributed by atoms with Crippen LogP contribution in [0.3, 0.4) is 0 Å². The number of aromatic hydroxyl groups is 1. The molecule has 2 heteroatoms. The van der Waals surface area contributed by atoms with Gasteiger partial charge in [0.05, 0.1) is 0 Å². The third-order valence-electron chi connectivity index (χ3n) is 6.10. The highest BCUT2D eigenvalue weighted by Gasteiger charge is 2.52. The Bertz CT molecular complexity index is 512. The zero-order valence-electron chi connectivity index (χ0n) is 11.7.